The van der Waals surface area contributed by atoms with Gasteiger partial charge in [-0.05, 0) is 30.3 Å². The van der Waals surface area contributed by atoms with Gasteiger partial charge in [0.15, 0.2) is 5.82 Å². The van der Waals surface area contributed by atoms with E-state index in [-0.39, 0.29) is 5.91 Å². The molecule has 0 aliphatic rings. The first-order chi connectivity index (χ1) is 12.2. The Bertz CT molecular complexity index is 1020. The van der Waals surface area contributed by atoms with Crippen LogP contribution in [-0.4, -0.2) is 20.8 Å². The van der Waals surface area contributed by atoms with Gasteiger partial charge in [-0.1, -0.05) is 30.3 Å². The van der Waals surface area contributed by atoms with E-state index in [1.807, 2.05) is 30.3 Å². The van der Waals surface area contributed by atoms with Crippen LogP contribution in [0, 0.1) is 0 Å². The highest BCUT2D eigenvalue weighted by molar-refractivity contribution is 5.97. The second-order valence-corrected chi connectivity index (χ2v) is 5.58. The van der Waals surface area contributed by atoms with Crippen molar-refractivity contribution in [3.63, 3.8) is 0 Å². The second-order valence-electron chi connectivity index (χ2n) is 5.58. The maximum Gasteiger partial charge on any atom is 0.251 e. The summed E-state index contributed by atoms with van der Waals surface area (Å²) in [5.41, 5.74) is 2.33. The molecule has 124 valence electrons. The van der Waals surface area contributed by atoms with Crippen LogP contribution in [0.4, 0.5) is 0 Å². The molecule has 0 aliphatic carbocycles. The van der Waals surface area contributed by atoms with Crippen molar-refractivity contribution in [2.45, 2.75) is 6.54 Å². The monoisotopic (exact) mass is 333 g/mol. The number of nitrogens with zero attached hydrogens (tertiary/aromatic N) is 2. The second kappa shape index (κ2) is 6.16. The number of fused-ring (bicyclic) bond motifs is 1. The average Bonchev–Trinajstić information content (AvgIpc) is 3.28. The number of amides is 1. The van der Waals surface area contributed by atoms with E-state index in [1.54, 1.807) is 36.6 Å². The van der Waals surface area contributed by atoms with Gasteiger partial charge in [0, 0.05) is 11.1 Å². The molecule has 2 heterocycles. The Balaban J connectivity index is 1.63. The maximum atomic E-state index is 12.3. The van der Waals surface area contributed by atoms with Gasteiger partial charge in [0.1, 0.15) is 11.3 Å². The highest BCUT2D eigenvalue weighted by atomic mass is 16.5. The third-order valence-corrected chi connectivity index (χ3v) is 3.93. The van der Waals surface area contributed by atoms with Crippen LogP contribution in [0.2, 0.25) is 0 Å². The van der Waals surface area contributed by atoms with Crippen molar-refractivity contribution in [1.29, 1.82) is 0 Å². The summed E-state index contributed by atoms with van der Waals surface area (Å²) in [6, 6.07) is 18.0. The first-order valence-electron chi connectivity index (χ1n) is 7.80. The molecule has 0 radical (unpaired) electrons. The van der Waals surface area contributed by atoms with Crippen LogP contribution in [0.25, 0.3) is 22.4 Å². The standard InChI is InChI=1S/C19H15N3O3/c23-19(20-12-15-7-4-10-25-15)14-8-9-16-17(11-14)22(24)18(21-16)13-5-2-1-3-6-13/h1-11,24H,12H2,(H,20,23). The minimum atomic E-state index is -0.249. The van der Waals surface area contributed by atoms with Gasteiger partial charge in [0.2, 0.25) is 0 Å². The molecule has 0 fully saturated rings. The van der Waals surface area contributed by atoms with E-state index in [9.17, 15) is 10.0 Å². The van der Waals surface area contributed by atoms with Gasteiger partial charge in [-0.3, -0.25) is 4.79 Å². The summed E-state index contributed by atoms with van der Waals surface area (Å²) < 4.78 is 6.20. The predicted octanol–water partition coefficient (Wildman–Crippen LogP) is 3.46. The van der Waals surface area contributed by atoms with Gasteiger partial charge in [-0.25, -0.2) is 4.98 Å². The van der Waals surface area contributed by atoms with Crippen LogP contribution in [0.15, 0.2) is 71.3 Å². The summed E-state index contributed by atoms with van der Waals surface area (Å²) in [5.74, 6) is 0.859. The lowest BCUT2D eigenvalue weighted by Gasteiger charge is -2.04. The van der Waals surface area contributed by atoms with Gasteiger partial charge >= 0.3 is 0 Å². The van der Waals surface area contributed by atoms with Crippen molar-refractivity contribution in [1.82, 2.24) is 15.0 Å². The first kappa shape index (κ1) is 15.0. The highest BCUT2D eigenvalue weighted by Gasteiger charge is 2.14. The summed E-state index contributed by atoms with van der Waals surface area (Å²) >= 11 is 0. The molecule has 2 aromatic heterocycles. The van der Waals surface area contributed by atoms with Crippen LogP contribution < -0.4 is 5.32 Å². The predicted molar refractivity (Wildman–Crippen MR) is 92.2 cm³/mol. The third kappa shape index (κ3) is 2.85. The van der Waals surface area contributed by atoms with Crippen LogP contribution in [0.3, 0.4) is 0 Å². The molecule has 2 N–H and O–H groups in total. The number of aromatic nitrogens is 2. The molecule has 0 unspecified atom stereocenters. The average molecular weight is 333 g/mol. The zero-order chi connectivity index (χ0) is 17.2. The molecule has 2 aromatic carbocycles. The summed E-state index contributed by atoms with van der Waals surface area (Å²) in [6.07, 6.45) is 1.56. The van der Waals surface area contributed by atoms with Gasteiger partial charge in [-0.15, -0.1) is 0 Å². The maximum absolute atomic E-state index is 12.3. The molecule has 0 saturated carbocycles. The molecular weight excluding hydrogens is 318 g/mol. The number of furan rings is 1. The van der Waals surface area contributed by atoms with E-state index in [1.165, 1.54) is 0 Å². The number of carbonyl (C=O) groups is 1. The highest BCUT2D eigenvalue weighted by Crippen LogP contribution is 2.24. The molecule has 4 rings (SSSR count). The fourth-order valence-electron chi connectivity index (χ4n) is 2.66. The van der Waals surface area contributed by atoms with E-state index in [2.05, 4.69) is 10.3 Å². The Morgan fingerprint density at radius 2 is 1.96 bits per heavy atom. The summed E-state index contributed by atoms with van der Waals surface area (Å²) in [5, 5.41) is 13.2. The molecular formula is C19H15N3O3. The third-order valence-electron chi connectivity index (χ3n) is 3.93. The molecule has 6 heteroatoms. The number of hydrogen-bond donors (Lipinski definition) is 2. The van der Waals surface area contributed by atoms with Crippen molar-refractivity contribution in [3.8, 4) is 11.4 Å². The van der Waals surface area contributed by atoms with Crippen LogP contribution in [0.5, 0.6) is 0 Å². The topological polar surface area (TPSA) is 80.3 Å². The molecule has 4 aromatic rings. The molecule has 0 aliphatic heterocycles. The molecule has 6 nitrogen and oxygen atoms in total. The number of carbonyl (C=O) groups excluding carboxylic acids is 1. The number of nitrogens with one attached hydrogen (secondary N) is 1. The Labute approximate surface area is 143 Å². The van der Waals surface area contributed by atoms with E-state index in [0.717, 1.165) is 10.3 Å². The van der Waals surface area contributed by atoms with Crippen LogP contribution in [0.1, 0.15) is 16.1 Å². The van der Waals surface area contributed by atoms with E-state index >= 15 is 0 Å². The van der Waals surface area contributed by atoms with E-state index < -0.39 is 0 Å². The SMILES string of the molecule is O=C(NCc1ccco1)c1ccc2nc(-c3ccccc3)n(O)c2c1. The first-order valence-corrected chi connectivity index (χ1v) is 7.80. The van der Waals surface area contributed by atoms with Gasteiger partial charge in [0.05, 0.1) is 18.3 Å². The molecule has 0 spiro atoms. The molecule has 0 atom stereocenters. The quantitative estimate of drug-likeness (QED) is 0.561. The van der Waals surface area contributed by atoms with Crippen molar-refractivity contribution >= 4 is 16.9 Å². The van der Waals surface area contributed by atoms with E-state index in [0.29, 0.717) is 34.7 Å². The fourth-order valence-corrected chi connectivity index (χ4v) is 2.66. The largest absolute Gasteiger partial charge is 0.467 e. The zero-order valence-corrected chi connectivity index (χ0v) is 13.2. The summed E-state index contributed by atoms with van der Waals surface area (Å²) in [4.78, 5) is 16.7. The lowest BCUT2D eigenvalue weighted by molar-refractivity contribution is 0.0948. The normalized spacial score (nSPS) is 10.9. The van der Waals surface area contributed by atoms with Crippen molar-refractivity contribution in [2.75, 3.05) is 0 Å². The number of hydrogen-bond acceptors (Lipinski definition) is 4. The minimum Gasteiger partial charge on any atom is -0.467 e. The van der Waals surface area contributed by atoms with Crippen molar-refractivity contribution in [2.24, 2.45) is 0 Å². The molecule has 0 bridgehead atoms. The number of imidazole rings is 1. The Morgan fingerprint density at radius 1 is 1.12 bits per heavy atom. The summed E-state index contributed by atoms with van der Waals surface area (Å²) in [7, 11) is 0. The Hall–Kier alpha value is -3.54. The Morgan fingerprint density at radius 3 is 2.72 bits per heavy atom. The van der Waals surface area contributed by atoms with Crippen molar-refractivity contribution < 1.29 is 14.4 Å². The Kier molecular flexibility index (Phi) is 3.70. The zero-order valence-electron chi connectivity index (χ0n) is 13.2. The van der Waals surface area contributed by atoms with E-state index in [4.69, 9.17) is 4.42 Å². The van der Waals surface area contributed by atoms with Crippen LogP contribution >= 0.6 is 0 Å². The summed E-state index contributed by atoms with van der Waals surface area (Å²) in [6.45, 7) is 0.303. The molecule has 0 saturated heterocycles. The molecule has 25 heavy (non-hydrogen) atoms. The molecule has 1 amide bonds. The number of rotatable bonds is 4. The lowest BCUT2D eigenvalue weighted by Crippen LogP contribution is -2.22. The lowest BCUT2D eigenvalue weighted by atomic mass is 10.2. The number of benzene rings is 2. The van der Waals surface area contributed by atoms with Gasteiger partial charge < -0.3 is 14.9 Å². The minimum absolute atomic E-state index is 0.249. The van der Waals surface area contributed by atoms with Crippen molar-refractivity contribution in [3.05, 3.63) is 78.3 Å². The smallest absolute Gasteiger partial charge is 0.251 e. The van der Waals surface area contributed by atoms with Gasteiger partial charge in [-0.2, -0.15) is 4.73 Å². The van der Waals surface area contributed by atoms with Gasteiger partial charge in [0.25, 0.3) is 5.91 Å². The van der Waals surface area contributed by atoms with Crippen LogP contribution in [-0.2, 0) is 6.54 Å². The fraction of sp³-hybridized carbons (Fsp3) is 0.0526.